The number of para-hydroxylation sites is 1. The van der Waals surface area contributed by atoms with Crippen molar-refractivity contribution in [2.45, 2.75) is 125 Å². The Hall–Kier alpha value is -3.35. The van der Waals surface area contributed by atoms with E-state index in [1.54, 1.807) is 25.7 Å². The van der Waals surface area contributed by atoms with Gasteiger partial charge in [-0.15, -0.1) is 0 Å². The molecule has 3 amide bonds. The molecule has 0 aliphatic rings. The molecule has 0 bridgehead atoms. The standard InChI is InChI=1S/C36H55N3O4/c1-11-13-14-15-16-22-39(34(41)31(25(4)12-2)38-35(42)43-36(8,9)10)32(29-21-20-24(3)23-28(29)7)33(40)37-30-26(5)18-17-19-27(30)6/h17-21,23,25,31-32H,11-16,22H2,1-10H3,(H,37,40)(H,38,42). The summed E-state index contributed by atoms with van der Waals surface area (Å²) in [6, 6.07) is 10.1. The summed E-state index contributed by atoms with van der Waals surface area (Å²) in [6.45, 7) is 19.8. The molecule has 0 heterocycles. The molecule has 0 aromatic heterocycles. The van der Waals surface area contributed by atoms with Gasteiger partial charge in [0.1, 0.15) is 17.7 Å². The van der Waals surface area contributed by atoms with E-state index >= 15 is 0 Å². The second-order valence-electron chi connectivity index (χ2n) is 13.0. The highest BCUT2D eigenvalue weighted by Crippen LogP contribution is 2.30. The number of aryl methyl sites for hydroxylation is 4. The predicted octanol–water partition coefficient (Wildman–Crippen LogP) is 8.34. The first-order valence-electron chi connectivity index (χ1n) is 15.9. The molecule has 2 aromatic rings. The van der Waals surface area contributed by atoms with Crippen LogP contribution in [0.4, 0.5) is 10.5 Å². The van der Waals surface area contributed by atoms with Crippen molar-refractivity contribution in [2.75, 3.05) is 11.9 Å². The fraction of sp³-hybridized carbons (Fsp3) is 0.583. The average Bonchev–Trinajstić information content (AvgIpc) is 2.92. The molecular weight excluding hydrogens is 538 g/mol. The Kier molecular flexibility index (Phi) is 13.7. The zero-order valence-electron chi connectivity index (χ0n) is 28.2. The van der Waals surface area contributed by atoms with E-state index in [0.29, 0.717) is 13.0 Å². The van der Waals surface area contributed by atoms with Gasteiger partial charge >= 0.3 is 6.09 Å². The summed E-state index contributed by atoms with van der Waals surface area (Å²) in [6.07, 6.45) is 5.02. The lowest BCUT2D eigenvalue weighted by Crippen LogP contribution is -2.55. The number of rotatable bonds is 14. The van der Waals surface area contributed by atoms with Crippen molar-refractivity contribution in [3.8, 4) is 0 Å². The average molecular weight is 594 g/mol. The minimum atomic E-state index is -0.884. The van der Waals surface area contributed by atoms with Gasteiger partial charge in [0, 0.05) is 12.2 Å². The number of nitrogens with zero attached hydrogens (tertiary/aromatic N) is 1. The third-order valence-electron chi connectivity index (χ3n) is 7.95. The number of ether oxygens (including phenoxy) is 1. The Balaban J connectivity index is 2.64. The van der Waals surface area contributed by atoms with Crippen molar-refractivity contribution in [3.63, 3.8) is 0 Å². The van der Waals surface area contributed by atoms with Gasteiger partial charge in [-0.2, -0.15) is 0 Å². The molecule has 7 nitrogen and oxygen atoms in total. The highest BCUT2D eigenvalue weighted by Gasteiger charge is 2.38. The van der Waals surface area contributed by atoms with Crippen molar-refractivity contribution in [1.82, 2.24) is 10.2 Å². The van der Waals surface area contributed by atoms with Crippen LogP contribution in [0.15, 0.2) is 36.4 Å². The van der Waals surface area contributed by atoms with E-state index in [-0.39, 0.29) is 17.7 Å². The van der Waals surface area contributed by atoms with Gasteiger partial charge in [-0.1, -0.05) is 94.8 Å². The molecule has 0 aliphatic carbocycles. The zero-order chi connectivity index (χ0) is 32.3. The minimum Gasteiger partial charge on any atom is -0.444 e. The Labute approximate surface area is 260 Å². The first kappa shape index (κ1) is 35.8. The second-order valence-corrected chi connectivity index (χ2v) is 13.0. The Morgan fingerprint density at radius 3 is 2.07 bits per heavy atom. The summed E-state index contributed by atoms with van der Waals surface area (Å²) in [7, 11) is 0. The molecule has 0 aliphatic heterocycles. The lowest BCUT2D eigenvalue weighted by molar-refractivity contribution is -0.142. The van der Waals surface area contributed by atoms with E-state index in [1.807, 2.05) is 77.9 Å². The van der Waals surface area contributed by atoms with E-state index in [1.165, 1.54) is 0 Å². The van der Waals surface area contributed by atoms with Crippen LogP contribution in [-0.4, -0.2) is 41.0 Å². The number of nitrogens with one attached hydrogen (secondary N) is 2. The molecule has 0 spiro atoms. The fourth-order valence-corrected chi connectivity index (χ4v) is 5.33. The number of hydrogen-bond acceptors (Lipinski definition) is 4. The van der Waals surface area contributed by atoms with E-state index in [0.717, 1.165) is 65.6 Å². The van der Waals surface area contributed by atoms with Crippen LogP contribution in [0.25, 0.3) is 0 Å². The molecule has 43 heavy (non-hydrogen) atoms. The molecule has 0 saturated heterocycles. The summed E-state index contributed by atoms with van der Waals surface area (Å²) in [5.41, 5.74) is 4.74. The quantitative estimate of drug-likeness (QED) is 0.216. The van der Waals surface area contributed by atoms with Gasteiger partial charge in [-0.25, -0.2) is 4.79 Å². The number of alkyl carbamates (subject to hydrolysis) is 1. The van der Waals surface area contributed by atoms with Gasteiger partial charge in [-0.05, 0) is 83.1 Å². The van der Waals surface area contributed by atoms with Crippen LogP contribution in [0.1, 0.15) is 114 Å². The number of carbonyl (C=O) groups is 3. The molecule has 3 unspecified atom stereocenters. The summed E-state index contributed by atoms with van der Waals surface area (Å²) >= 11 is 0. The normalized spacial score (nSPS) is 13.5. The van der Waals surface area contributed by atoms with Crippen LogP contribution < -0.4 is 10.6 Å². The highest BCUT2D eigenvalue weighted by molar-refractivity contribution is 6.00. The predicted molar refractivity (Wildman–Crippen MR) is 176 cm³/mol. The molecule has 3 atom stereocenters. The van der Waals surface area contributed by atoms with Gasteiger partial charge in [0.2, 0.25) is 5.91 Å². The van der Waals surface area contributed by atoms with Gasteiger partial charge in [0.05, 0.1) is 0 Å². The number of hydrogen-bond donors (Lipinski definition) is 2. The lowest BCUT2D eigenvalue weighted by Gasteiger charge is -2.37. The minimum absolute atomic E-state index is 0.177. The largest absolute Gasteiger partial charge is 0.444 e. The Morgan fingerprint density at radius 1 is 0.884 bits per heavy atom. The molecule has 2 N–H and O–H groups in total. The van der Waals surface area contributed by atoms with E-state index < -0.39 is 23.8 Å². The zero-order valence-corrected chi connectivity index (χ0v) is 28.2. The first-order valence-corrected chi connectivity index (χ1v) is 15.9. The molecule has 2 aromatic carbocycles. The van der Waals surface area contributed by atoms with Gasteiger partial charge in [0.15, 0.2) is 0 Å². The van der Waals surface area contributed by atoms with E-state index in [2.05, 4.69) is 17.6 Å². The lowest BCUT2D eigenvalue weighted by atomic mass is 9.93. The van der Waals surface area contributed by atoms with Crippen molar-refractivity contribution >= 4 is 23.6 Å². The smallest absolute Gasteiger partial charge is 0.408 e. The van der Waals surface area contributed by atoms with Gasteiger partial charge in [-0.3, -0.25) is 9.59 Å². The van der Waals surface area contributed by atoms with Crippen molar-refractivity contribution in [2.24, 2.45) is 5.92 Å². The summed E-state index contributed by atoms with van der Waals surface area (Å²) in [4.78, 5) is 43.7. The highest BCUT2D eigenvalue weighted by atomic mass is 16.6. The van der Waals surface area contributed by atoms with Crippen LogP contribution in [-0.2, 0) is 14.3 Å². The number of unbranched alkanes of at least 4 members (excludes halogenated alkanes) is 4. The van der Waals surface area contributed by atoms with Crippen LogP contribution in [0.3, 0.4) is 0 Å². The van der Waals surface area contributed by atoms with Gasteiger partial charge < -0.3 is 20.3 Å². The number of benzene rings is 2. The first-order chi connectivity index (χ1) is 20.2. The number of carbonyl (C=O) groups excluding carboxylic acids is 3. The maximum Gasteiger partial charge on any atom is 0.408 e. The molecule has 2 rings (SSSR count). The third kappa shape index (κ3) is 10.7. The van der Waals surface area contributed by atoms with E-state index in [9.17, 15) is 14.4 Å². The van der Waals surface area contributed by atoms with Crippen LogP contribution in [0.5, 0.6) is 0 Å². The van der Waals surface area contributed by atoms with E-state index in [4.69, 9.17) is 4.74 Å². The third-order valence-corrected chi connectivity index (χ3v) is 7.95. The maximum absolute atomic E-state index is 14.6. The van der Waals surface area contributed by atoms with Gasteiger partial charge in [0.25, 0.3) is 5.91 Å². The maximum atomic E-state index is 14.6. The van der Waals surface area contributed by atoms with Crippen LogP contribution in [0, 0.1) is 33.6 Å². The summed E-state index contributed by atoms with van der Waals surface area (Å²) in [5.74, 6) is -0.729. The molecule has 0 fully saturated rings. The van der Waals surface area contributed by atoms with Crippen molar-refractivity contribution < 1.29 is 19.1 Å². The molecule has 7 heteroatoms. The molecule has 238 valence electrons. The number of anilines is 1. The SMILES string of the molecule is CCCCCCCN(C(=O)C(NC(=O)OC(C)(C)C)C(C)CC)C(C(=O)Nc1c(C)cccc1C)c1ccc(C)cc1C. The summed E-state index contributed by atoms with van der Waals surface area (Å²) in [5, 5.41) is 6.04. The van der Waals surface area contributed by atoms with Crippen molar-refractivity contribution in [3.05, 3.63) is 64.2 Å². The Morgan fingerprint density at radius 2 is 1.51 bits per heavy atom. The Bertz CT molecular complexity index is 1210. The molecule has 0 radical (unpaired) electrons. The van der Waals surface area contributed by atoms with Crippen LogP contribution >= 0.6 is 0 Å². The van der Waals surface area contributed by atoms with Crippen LogP contribution in [0.2, 0.25) is 0 Å². The fourth-order valence-electron chi connectivity index (χ4n) is 5.33. The molecule has 0 saturated carbocycles. The number of amides is 3. The summed E-state index contributed by atoms with van der Waals surface area (Å²) < 4.78 is 5.55. The monoisotopic (exact) mass is 593 g/mol. The second kappa shape index (κ2) is 16.5. The van der Waals surface area contributed by atoms with Crippen molar-refractivity contribution in [1.29, 1.82) is 0 Å². The topological polar surface area (TPSA) is 87.7 Å². The molecular formula is C36H55N3O4.